The molecule has 3 heterocycles. The number of methoxy groups -OCH3 is 1. The van der Waals surface area contributed by atoms with E-state index in [2.05, 4.69) is 44.2 Å². The van der Waals surface area contributed by atoms with Gasteiger partial charge >= 0.3 is 0 Å². The molecule has 3 aromatic rings. The summed E-state index contributed by atoms with van der Waals surface area (Å²) < 4.78 is 7.82. The molecule has 0 N–H and O–H groups in total. The van der Waals surface area contributed by atoms with Crippen molar-refractivity contribution in [3.8, 4) is 16.5 Å². The van der Waals surface area contributed by atoms with Crippen molar-refractivity contribution in [1.29, 1.82) is 0 Å². The third-order valence-electron chi connectivity index (χ3n) is 4.41. The molecule has 1 saturated carbocycles. The van der Waals surface area contributed by atoms with Gasteiger partial charge in [0.2, 0.25) is 0 Å². The normalized spacial score (nSPS) is 14.0. The van der Waals surface area contributed by atoms with Gasteiger partial charge in [0.05, 0.1) is 17.7 Å². The standard InChI is InChI=1S/C18H20N4OS2/c1-11-9-19-14(12(2)16(11)23-3)10-25-18-21-20-17(15-5-4-8-24-15)22(18)13-6-7-13/h4-5,8-9,13H,6-7,10H2,1-3H3. The van der Waals surface area contributed by atoms with Crippen molar-refractivity contribution in [2.24, 2.45) is 0 Å². The zero-order valence-electron chi connectivity index (χ0n) is 14.5. The van der Waals surface area contributed by atoms with Crippen LogP contribution in [-0.4, -0.2) is 26.9 Å². The quantitative estimate of drug-likeness (QED) is 0.589. The van der Waals surface area contributed by atoms with Gasteiger partial charge < -0.3 is 4.74 Å². The molecular weight excluding hydrogens is 352 g/mol. The van der Waals surface area contributed by atoms with Crippen LogP contribution in [0.2, 0.25) is 0 Å². The predicted molar refractivity (Wildman–Crippen MR) is 101 cm³/mol. The van der Waals surface area contributed by atoms with Crippen LogP contribution in [0, 0.1) is 13.8 Å². The maximum absolute atomic E-state index is 5.51. The van der Waals surface area contributed by atoms with Crippen molar-refractivity contribution in [1.82, 2.24) is 19.7 Å². The fourth-order valence-electron chi connectivity index (χ4n) is 2.96. The summed E-state index contributed by atoms with van der Waals surface area (Å²) in [5, 5.41) is 12.0. The first-order chi connectivity index (χ1) is 12.2. The Hall–Kier alpha value is -1.86. The van der Waals surface area contributed by atoms with Crippen LogP contribution in [0.25, 0.3) is 10.7 Å². The largest absolute Gasteiger partial charge is 0.496 e. The number of thioether (sulfide) groups is 1. The van der Waals surface area contributed by atoms with Crippen molar-refractivity contribution < 1.29 is 4.74 Å². The molecule has 0 radical (unpaired) electrons. The van der Waals surface area contributed by atoms with E-state index < -0.39 is 0 Å². The molecule has 0 unspecified atom stereocenters. The van der Waals surface area contributed by atoms with Gasteiger partial charge in [0.1, 0.15) is 5.75 Å². The average molecular weight is 373 g/mol. The molecule has 3 aromatic heterocycles. The first-order valence-electron chi connectivity index (χ1n) is 8.29. The van der Waals surface area contributed by atoms with E-state index >= 15 is 0 Å². The minimum Gasteiger partial charge on any atom is -0.496 e. The van der Waals surface area contributed by atoms with Crippen LogP contribution in [-0.2, 0) is 5.75 Å². The molecule has 0 saturated heterocycles. The minimum absolute atomic E-state index is 0.538. The Balaban J connectivity index is 1.60. The molecule has 0 aliphatic heterocycles. The van der Waals surface area contributed by atoms with Crippen molar-refractivity contribution >= 4 is 23.1 Å². The summed E-state index contributed by atoms with van der Waals surface area (Å²) in [5.74, 6) is 2.68. The van der Waals surface area contributed by atoms with E-state index in [1.54, 1.807) is 30.2 Å². The van der Waals surface area contributed by atoms with Crippen LogP contribution in [0.15, 0.2) is 28.9 Å². The summed E-state index contributed by atoms with van der Waals surface area (Å²) in [6.07, 6.45) is 4.30. The molecule has 0 aromatic carbocycles. The molecule has 25 heavy (non-hydrogen) atoms. The van der Waals surface area contributed by atoms with Gasteiger partial charge in [-0.1, -0.05) is 17.8 Å². The van der Waals surface area contributed by atoms with E-state index in [0.29, 0.717) is 6.04 Å². The van der Waals surface area contributed by atoms with Crippen molar-refractivity contribution in [3.63, 3.8) is 0 Å². The van der Waals surface area contributed by atoms with Gasteiger partial charge in [-0.15, -0.1) is 21.5 Å². The Morgan fingerprint density at radius 1 is 1.32 bits per heavy atom. The Morgan fingerprint density at radius 2 is 2.16 bits per heavy atom. The lowest BCUT2D eigenvalue weighted by molar-refractivity contribution is 0.407. The number of aromatic nitrogens is 4. The van der Waals surface area contributed by atoms with Gasteiger partial charge in [-0.3, -0.25) is 9.55 Å². The van der Waals surface area contributed by atoms with Crippen molar-refractivity contribution in [3.05, 3.63) is 40.5 Å². The molecule has 5 nitrogen and oxygen atoms in total. The second-order valence-corrected chi connectivity index (χ2v) is 8.11. The minimum atomic E-state index is 0.538. The molecule has 1 aliphatic carbocycles. The number of ether oxygens (including phenoxy) is 1. The van der Waals surface area contributed by atoms with Crippen LogP contribution in [0.1, 0.15) is 35.7 Å². The van der Waals surface area contributed by atoms with E-state index in [1.807, 2.05) is 13.1 Å². The monoisotopic (exact) mass is 372 g/mol. The van der Waals surface area contributed by atoms with E-state index in [0.717, 1.165) is 39.3 Å². The summed E-state index contributed by atoms with van der Waals surface area (Å²) in [4.78, 5) is 5.77. The van der Waals surface area contributed by atoms with E-state index in [1.165, 1.54) is 17.7 Å². The van der Waals surface area contributed by atoms with Gasteiger partial charge in [-0.2, -0.15) is 0 Å². The molecule has 0 bridgehead atoms. The van der Waals surface area contributed by atoms with Crippen LogP contribution in [0.4, 0.5) is 0 Å². The van der Waals surface area contributed by atoms with E-state index in [4.69, 9.17) is 4.74 Å². The highest BCUT2D eigenvalue weighted by Crippen LogP contribution is 2.42. The second-order valence-electron chi connectivity index (χ2n) is 6.22. The van der Waals surface area contributed by atoms with Crippen LogP contribution < -0.4 is 4.74 Å². The maximum Gasteiger partial charge on any atom is 0.192 e. The molecule has 7 heteroatoms. The Labute approximate surface area is 155 Å². The topological polar surface area (TPSA) is 52.8 Å². The molecule has 4 rings (SSSR count). The number of thiophene rings is 1. The second kappa shape index (κ2) is 6.80. The summed E-state index contributed by atoms with van der Waals surface area (Å²) in [6.45, 7) is 4.09. The number of nitrogens with zero attached hydrogens (tertiary/aromatic N) is 4. The lowest BCUT2D eigenvalue weighted by atomic mass is 10.1. The molecule has 0 amide bonds. The number of aryl methyl sites for hydroxylation is 1. The van der Waals surface area contributed by atoms with Crippen LogP contribution >= 0.6 is 23.1 Å². The van der Waals surface area contributed by atoms with Crippen molar-refractivity contribution in [2.45, 2.75) is 43.6 Å². The van der Waals surface area contributed by atoms with Crippen LogP contribution in [0.5, 0.6) is 5.75 Å². The molecule has 0 atom stereocenters. The summed E-state index contributed by atoms with van der Waals surface area (Å²) in [6, 6.07) is 4.71. The fraction of sp³-hybridized carbons (Fsp3) is 0.389. The molecule has 130 valence electrons. The first kappa shape index (κ1) is 16.6. The van der Waals surface area contributed by atoms with Crippen LogP contribution in [0.3, 0.4) is 0 Å². The highest BCUT2D eigenvalue weighted by molar-refractivity contribution is 7.98. The van der Waals surface area contributed by atoms with E-state index in [-0.39, 0.29) is 0 Å². The molecule has 1 fully saturated rings. The zero-order valence-corrected chi connectivity index (χ0v) is 16.2. The maximum atomic E-state index is 5.51. The smallest absolute Gasteiger partial charge is 0.192 e. The SMILES string of the molecule is COc1c(C)cnc(CSc2nnc(-c3cccs3)n2C2CC2)c1C. The van der Waals surface area contributed by atoms with Gasteiger partial charge in [0, 0.05) is 29.1 Å². The summed E-state index contributed by atoms with van der Waals surface area (Å²) >= 11 is 3.41. The van der Waals surface area contributed by atoms with Gasteiger partial charge in [0.25, 0.3) is 0 Å². The third kappa shape index (κ3) is 3.18. The number of rotatable bonds is 6. The summed E-state index contributed by atoms with van der Waals surface area (Å²) in [5.41, 5.74) is 3.20. The Bertz CT molecular complexity index is 885. The van der Waals surface area contributed by atoms with Crippen molar-refractivity contribution in [2.75, 3.05) is 7.11 Å². The first-order valence-corrected chi connectivity index (χ1v) is 10.2. The van der Waals surface area contributed by atoms with Gasteiger partial charge in [-0.25, -0.2) is 0 Å². The summed E-state index contributed by atoms with van der Waals surface area (Å²) in [7, 11) is 1.71. The zero-order chi connectivity index (χ0) is 17.4. The lowest BCUT2D eigenvalue weighted by Crippen LogP contribution is -2.01. The molecular formula is C18H20N4OS2. The Morgan fingerprint density at radius 3 is 2.84 bits per heavy atom. The number of hydrogen-bond donors (Lipinski definition) is 0. The van der Waals surface area contributed by atoms with E-state index in [9.17, 15) is 0 Å². The number of hydrogen-bond acceptors (Lipinski definition) is 6. The van der Waals surface area contributed by atoms with Gasteiger partial charge in [0.15, 0.2) is 11.0 Å². The third-order valence-corrected chi connectivity index (χ3v) is 6.23. The molecule has 0 spiro atoms. The Kier molecular flexibility index (Phi) is 4.52. The van der Waals surface area contributed by atoms with Gasteiger partial charge in [-0.05, 0) is 38.1 Å². The highest BCUT2D eigenvalue weighted by Gasteiger charge is 2.30. The highest BCUT2D eigenvalue weighted by atomic mass is 32.2. The average Bonchev–Trinajstić information content (AvgIpc) is 3.13. The fourth-order valence-corrected chi connectivity index (χ4v) is 4.70. The number of pyridine rings is 1. The predicted octanol–water partition coefficient (Wildman–Crippen LogP) is 4.65. The molecule has 1 aliphatic rings. The lowest BCUT2D eigenvalue weighted by Gasteiger charge is -2.12.